The number of aliphatic carboxylic acids is 1. The van der Waals surface area contributed by atoms with Crippen LogP contribution >= 0.6 is 0 Å². The Morgan fingerprint density at radius 2 is 1.52 bits per heavy atom. The number of anilines is 1. The molecule has 44 heavy (non-hydrogen) atoms. The molecule has 2 aromatic rings. The van der Waals surface area contributed by atoms with Crippen LogP contribution in [0, 0.1) is 23.6 Å². The molecular formula is C32H42F4N4O4. The Hall–Kier alpha value is -3.44. The summed E-state index contributed by atoms with van der Waals surface area (Å²) in [7, 11) is 0. The van der Waals surface area contributed by atoms with Crippen LogP contribution in [-0.4, -0.2) is 38.7 Å². The summed E-state index contributed by atoms with van der Waals surface area (Å²) in [6.07, 6.45) is 5.96. The van der Waals surface area contributed by atoms with Crippen molar-refractivity contribution in [1.82, 2.24) is 15.1 Å². The predicted molar refractivity (Wildman–Crippen MR) is 157 cm³/mol. The summed E-state index contributed by atoms with van der Waals surface area (Å²) >= 11 is 0. The number of carbonyl (C=O) groups is 3. The first-order chi connectivity index (χ1) is 20.8. The van der Waals surface area contributed by atoms with Gasteiger partial charge >= 0.3 is 12.1 Å². The average Bonchev–Trinajstić information content (AvgIpc) is 3.48. The summed E-state index contributed by atoms with van der Waals surface area (Å²) < 4.78 is 59.0. The summed E-state index contributed by atoms with van der Waals surface area (Å²) in [6.45, 7) is 4.75. The van der Waals surface area contributed by atoms with Gasteiger partial charge in [0.1, 0.15) is 17.6 Å². The minimum Gasteiger partial charge on any atom is -0.481 e. The Bertz CT molecular complexity index is 1310. The van der Waals surface area contributed by atoms with Gasteiger partial charge in [0.05, 0.1) is 17.2 Å². The third-order valence-corrected chi connectivity index (χ3v) is 9.27. The van der Waals surface area contributed by atoms with Crippen LogP contribution < -0.4 is 10.6 Å². The number of amides is 2. The van der Waals surface area contributed by atoms with E-state index in [0.29, 0.717) is 12.1 Å². The van der Waals surface area contributed by atoms with E-state index in [1.165, 1.54) is 16.9 Å². The molecule has 2 aliphatic carbocycles. The molecular weight excluding hydrogens is 580 g/mol. The van der Waals surface area contributed by atoms with Crippen LogP contribution in [0.15, 0.2) is 24.4 Å². The second-order valence-corrected chi connectivity index (χ2v) is 12.5. The number of rotatable bonds is 10. The highest BCUT2D eigenvalue weighted by Crippen LogP contribution is 2.43. The van der Waals surface area contributed by atoms with Gasteiger partial charge in [-0.1, -0.05) is 64.2 Å². The molecule has 2 unspecified atom stereocenters. The molecule has 0 aliphatic heterocycles. The minimum absolute atomic E-state index is 0.104. The Labute approximate surface area is 255 Å². The van der Waals surface area contributed by atoms with E-state index in [4.69, 9.17) is 0 Å². The summed E-state index contributed by atoms with van der Waals surface area (Å²) in [4.78, 5) is 39.3. The molecule has 12 heteroatoms. The smallest absolute Gasteiger partial charge is 0.416 e. The van der Waals surface area contributed by atoms with E-state index in [2.05, 4.69) is 15.7 Å². The van der Waals surface area contributed by atoms with Crippen molar-refractivity contribution in [3.8, 4) is 0 Å². The number of nitrogens with one attached hydrogen (secondary N) is 2. The largest absolute Gasteiger partial charge is 0.481 e. The first-order valence-electron chi connectivity index (χ1n) is 15.6. The van der Waals surface area contributed by atoms with E-state index < -0.39 is 58.6 Å². The number of carbonyl (C=O) groups excluding carboxylic acids is 2. The molecule has 0 spiro atoms. The topological polar surface area (TPSA) is 113 Å². The van der Waals surface area contributed by atoms with Crippen LogP contribution in [0.2, 0.25) is 0 Å². The van der Waals surface area contributed by atoms with Gasteiger partial charge in [0.15, 0.2) is 0 Å². The second-order valence-electron chi connectivity index (χ2n) is 12.5. The van der Waals surface area contributed by atoms with Crippen LogP contribution in [0.5, 0.6) is 0 Å². The lowest BCUT2D eigenvalue weighted by molar-refractivity contribution is -0.141. The number of alkyl halides is 3. The van der Waals surface area contributed by atoms with E-state index in [9.17, 15) is 32.7 Å². The molecule has 0 saturated heterocycles. The van der Waals surface area contributed by atoms with E-state index >= 15 is 4.39 Å². The van der Waals surface area contributed by atoms with E-state index in [1.807, 2.05) is 13.8 Å². The fourth-order valence-electron chi connectivity index (χ4n) is 7.06. The highest BCUT2D eigenvalue weighted by Gasteiger charge is 2.42. The van der Waals surface area contributed by atoms with Crippen molar-refractivity contribution < 1.29 is 37.1 Å². The van der Waals surface area contributed by atoms with Gasteiger partial charge in [0.25, 0.3) is 5.91 Å². The van der Waals surface area contributed by atoms with E-state index in [-0.39, 0.29) is 29.5 Å². The quantitative estimate of drug-likeness (QED) is 0.240. The van der Waals surface area contributed by atoms with Crippen molar-refractivity contribution in [3.63, 3.8) is 0 Å². The van der Waals surface area contributed by atoms with Crippen LogP contribution in [0.1, 0.15) is 119 Å². The molecule has 0 radical (unpaired) electrons. The maximum atomic E-state index is 15.3. The standard InChI is InChI=1S/C32H42F4N4O4/c1-18(2)40-26(14-15-37-40)29(41)39-28(27(20-10-6-4-7-11-20)21-12-8-5-9-13-21)30(42)38-25-17-23(32(34,35)36)22(16-24(25)33)19(3)31(43)44/h14-21,27-28H,4-13H2,1-3H3,(H,38,42)(H,39,41)(H,43,44). The zero-order valence-electron chi connectivity index (χ0n) is 25.4. The van der Waals surface area contributed by atoms with Gasteiger partial charge in [0.2, 0.25) is 5.91 Å². The first kappa shape index (κ1) is 33.5. The number of halogens is 4. The molecule has 2 fully saturated rings. The predicted octanol–water partition coefficient (Wildman–Crippen LogP) is 7.32. The number of nitrogens with zero attached hydrogens (tertiary/aromatic N) is 2. The fraction of sp³-hybridized carbons (Fsp3) is 0.625. The maximum absolute atomic E-state index is 15.3. The minimum atomic E-state index is -5.00. The second kappa shape index (κ2) is 14.1. The Balaban J connectivity index is 1.75. The van der Waals surface area contributed by atoms with Gasteiger partial charge in [0, 0.05) is 12.2 Å². The van der Waals surface area contributed by atoms with Gasteiger partial charge in [-0.3, -0.25) is 19.1 Å². The van der Waals surface area contributed by atoms with Crippen molar-refractivity contribution >= 4 is 23.5 Å². The number of hydrogen-bond acceptors (Lipinski definition) is 4. The summed E-state index contributed by atoms with van der Waals surface area (Å²) in [5.41, 5.74) is -2.57. The fourth-order valence-corrected chi connectivity index (χ4v) is 7.06. The summed E-state index contributed by atoms with van der Waals surface area (Å²) in [6, 6.07) is 1.22. The molecule has 0 bridgehead atoms. The van der Waals surface area contributed by atoms with Crippen molar-refractivity contribution in [3.05, 3.63) is 47.0 Å². The Morgan fingerprint density at radius 1 is 0.955 bits per heavy atom. The molecule has 8 nitrogen and oxygen atoms in total. The third-order valence-electron chi connectivity index (χ3n) is 9.27. The number of benzene rings is 1. The molecule has 1 aromatic carbocycles. The Morgan fingerprint density at radius 3 is 2.02 bits per heavy atom. The average molecular weight is 623 g/mol. The lowest BCUT2D eigenvalue weighted by Gasteiger charge is -2.42. The van der Waals surface area contributed by atoms with Crippen molar-refractivity contribution in [2.45, 2.75) is 109 Å². The number of carboxylic acids is 1. The van der Waals surface area contributed by atoms with Gasteiger partial charge in [-0.15, -0.1) is 0 Å². The molecule has 1 heterocycles. The number of hydrogen-bond donors (Lipinski definition) is 3. The van der Waals surface area contributed by atoms with Crippen LogP contribution in [0.25, 0.3) is 0 Å². The molecule has 4 rings (SSSR count). The lowest BCUT2D eigenvalue weighted by Crippen LogP contribution is -2.53. The van der Waals surface area contributed by atoms with Crippen LogP contribution in [0.3, 0.4) is 0 Å². The number of aromatic nitrogens is 2. The monoisotopic (exact) mass is 622 g/mol. The number of carboxylic acid groups (broad SMARTS) is 1. The highest BCUT2D eigenvalue weighted by molar-refractivity contribution is 6.01. The van der Waals surface area contributed by atoms with Crippen molar-refractivity contribution in [2.75, 3.05) is 5.32 Å². The van der Waals surface area contributed by atoms with Crippen LogP contribution in [-0.2, 0) is 15.8 Å². The van der Waals surface area contributed by atoms with E-state index in [0.717, 1.165) is 71.1 Å². The van der Waals surface area contributed by atoms with Gasteiger partial charge < -0.3 is 15.7 Å². The zero-order valence-corrected chi connectivity index (χ0v) is 25.4. The normalized spacial score (nSPS) is 18.3. The zero-order chi connectivity index (χ0) is 32.2. The molecule has 3 N–H and O–H groups in total. The van der Waals surface area contributed by atoms with Gasteiger partial charge in [-0.25, -0.2) is 4.39 Å². The van der Waals surface area contributed by atoms with Gasteiger partial charge in [-0.05, 0) is 62.3 Å². The molecule has 1 aromatic heterocycles. The van der Waals surface area contributed by atoms with Crippen molar-refractivity contribution in [1.29, 1.82) is 0 Å². The summed E-state index contributed by atoms with van der Waals surface area (Å²) in [5, 5.41) is 18.8. The lowest BCUT2D eigenvalue weighted by atomic mass is 9.66. The molecule has 2 atom stereocenters. The SMILES string of the molecule is CC(C(=O)O)c1cc(F)c(NC(=O)C(NC(=O)c2ccnn2C(C)C)C(C2CCCCC2)C2CCCCC2)cc1C(F)(F)F. The van der Waals surface area contributed by atoms with Crippen molar-refractivity contribution in [2.24, 2.45) is 17.8 Å². The molecule has 2 amide bonds. The third kappa shape index (κ3) is 7.61. The molecule has 242 valence electrons. The highest BCUT2D eigenvalue weighted by atomic mass is 19.4. The van der Waals surface area contributed by atoms with Gasteiger partial charge in [-0.2, -0.15) is 18.3 Å². The maximum Gasteiger partial charge on any atom is 0.416 e. The summed E-state index contributed by atoms with van der Waals surface area (Å²) in [5.74, 6) is -5.81. The van der Waals surface area contributed by atoms with Crippen LogP contribution in [0.4, 0.5) is 23.2 Å². The molecule has 2 saturated carbocycles. The molecule has 2 aliphatic rings. The van der Waals surface area contributed by atoms with E-state index in [1.54, 1.807) is 0 Å². The Kier molecular flexibility index (Phi) is 10.7. The first-order valence-corrected chi connectivity index (χ1v) is 15.6.